The number of benzene rings is 2. The minimum Gasteiger partial charge on any atom is -0.298 e. The van der Waals surface area contributed by atoms with Crippen molar-refractivity contribution in [1.82, 2.24) is 0 Å². The van der Waals surface area contributed by atoms with Crippen molar-refractivity contribution < 1.29 is 9.18 Å². The van der Waals surface area contributed by atoms with E-state index in [1.165, 1.54) is 23.4 Å². The Kier molecular flexibility index (Phi) is 5.38. The number of hydrogen-bond acceptors (Lipinski definition) is 2. The van der Waals surface area contributed by atoms with Gasteiger partial charge in [0.15, 0.2) is 0 Å². The van der Waals surface area contributed by atoms with E-state index in [4.69, 9.17) is 0 Å². The van der Waals surface area contributed by atoms with Crippen LogP contribution in [0.1, 0.15) is 11.1 Å². The SMILES string of the molecule is Cc1cccc(SCC(=O)Cc2ccc(Br)cc2F)c1. The molecular weight excluding hydrogens is 339 g/mol. The molecule has 1 nitrogen and oxygen atoms in total. The highest BCUT2D eigenvalue weighted by molar-refractivity contribution is 9.10. The molecule has 20 heavy (non-hydrogen) atoms. The van der Waals surface area contributed by atoms with Crippen LogP contribution in [0, 0.1) is 12.7 Å². The zero-order valence-corrected chi connectivity index (χ0v) is 13.4. The first-order valence-electron chi connectivity index (χ1n) is 6.19. The topological polar surface area (TPSA) is 17.1 Å². The van der Waals surface area contributed by atoms with E-state index in [-0.39, 0.29) is 18.0 Å². The summed E-state index contributed by atoms with van der Waals surface area (Å²) in [5.74, 6) is 0.0462. The minimum absolute atomic E-state index is 0.0257. The Morgan fingerprint density at radius 3 is 2.75 bits per heavy atom. The molecule has 0 spiro atoms. The molecule has 0 radical (unpaired) electrons. The van der Waals surface area contributed by atoms with Gasteiger partial charge in [0.05, 0.1) is 5.75 Å². The average molecular weight is 353 g/mol. The van der Waals surface area contributed by atoms with Gasteiger partial charge in [0.1, 0.15) is 11.6 Å². The largest absolute Gasteiger partial charge is 0.298 e. The van der Waals surface area contributed by atoms with Crippen LogP contribution in [-0.2, 0) is 11.2 Å². The monoisotopic (exact) mass is 352 g/mol. The van der Waals surface area contributed by atoms with Gasteiger partial charge in [0, 0.05) is 15.8 Å². The highest BCUT2D eigenvalue weighted by Gasteiger charge is 2.09. The fourth-order valence-electron chi connectivity index (χ4n) is 1.80. The first-order valence-corrected chi connectivity index (χ1v) is 7.97. The fourth-order valence-corrected chi connectivity index (χ4v) is 3.00. The van der Waals surface area contributed by atoms with Crippen molar-refractivity contribution in [2.75, 3.05) is 5.75 Å². The number of aryl methyl sites for hydroxylation is 1. The molecule has 0 bridgehead atoms. The summed E-state index contributed by atoms with van der Waals surface area (Å²) in [5, 5.41) is 0. The van der Waals surface area contributed by atoms with Crippen LogP contribution in [0.5, 0.6) is 0 Å². The van der Waals surface area contributed by atoms with Gasteiger partial charge in [-0.2, -0.15) is 0 Å². The molecule has 0 N–H and O–H groups in total. The molecule has 0 unspecified atom stereocenters. The molecule has 0 saturated carbocycles. The molecule has 104 valence electrons. The Balaban J connectivity index is 1.92. The molecule has 4 heteroatoms. The van der Waals surface area contributed by atoms with Crippen molar-refractivity contribution in [3.63, 3.8) is 0 Å². The lowest BCUT2D eigenvalue weighted by Gasteiger charge is -2.04. The van der Waals surface area contributed by atoms with E-state index in [1.54, 1.807) is 12.1 Å². The van der Waals surface area contributed by atoms with Gasteiger partial charge < -0.3 is 0 Å². The van der Waals surface area contributed by atoms with Gasteiger partial charge in [-0.3, -0.25) is 4.79 Å². The molecule has 0 amide bonds. The Morgan fingerprint density at radius 2 is 2.05 bits per heavy atom. The number of rotatable bonds is 5. The third-order valence-electron chi connectivity index (χ3n) is 2.79. The fraction of sp³-hybridized carbons (Fsp3) is 0.188. The lowest BCUT2D eigenvalue weighted by molar-refractivity contribution is -0.116. The third kappa shape index (κ3) is 4.46. The summed E-state index contributed by atoms with van der Waals surface area (Å²) in [5.41, 5.74) is 1.62. The number of carbonyl (C=O) groups excluding carboxylic acids is 1. The Hall–Kier alpha value is -1.13. The summed E-state index contributed by atoms with van der Waals surface area (Å²) in [6.07, 6.45) is 0.137. The smallest absolute Gasteiger partial charge is 0.147 e. The van der Waals surface area contributed by atoms with E-state index < -0.39 is 0 Å². The molecule has 0 aromatic heterocycles. The van der Waals surface area contributed by atoms with Crippen LogP contribution < -0.4 is 0 Å². The number of thioether (sulfide) groups is 1. The number of carbonyl (C=O) groups is 1. The normalized spacial score (nSPS) is 10.6. The van der Waals surface area contributed by atoms with E-state index in [0.717, 1.165) is 4.90 Å². The summed E-state index contributed by atoms with van der Waals surface area (Å²) in [6.45, 7) is 2.02. The van der Waals surface area contributed by atoms with Crippen molar-refractivity contribution in [2.45, 2.75) is 18.2 Å². The summed E-state index contributed by atoms with van der Waals surface area (Å²) in [7, 11) is 0. The van der Waals surface area contributed by atoms with Gasteiger partial charge in [-0.15, -0.1) is 11.8 Å². The molecule has 0 atom stereocenters. The van der Waals surface area contributed by atoms with Crippen LogP contribution in [0.25, 0.3) is 0 Å². The molecule has 0 fully saturated rings. The van der Waals surface area contributed by atoms with Crippen molar-refractivity contribution in [3.05, 3.63) is 63.9 Å². The van der Waals surface area contributed by atoms with Gasteiger partial charge in [-0.25, -0.2) is 4.39 Å². The maximum absolute atomic E-state index is 13.6. The van der Waals surface area contributed by atoms with Crippen molar-refractivity contribution in [2.24, 2.45) is 0 Å². The summed E-state index contributed by atoms with van der Waals surface area (Å²) < 4.78 is 14.3. The molecule has 2 rings (SSSR count). The molecule has 2 aromatic rings. The van der Waals surface area contributed by atoms with Gasteiger partial charge in [-0.05, 0) is 36.8 Å². The second-order valence-electron chi connectivity index (χ2n) is 4.56. The first-order chi connectivity index (χ1) is 9.54. The second kappa shape index (κ2) is 7.04. The highest BCUT2D eigenvalue weighted by Crippen LogP contribution is 2.20. The number of hydrogen-bond donors (Lipinski definition) is 0. The van der Waals surface area contributed by atoms with Crippen LogP contribution >= 0.6 is 27.7 Å². The minimum atomic E-state index is -0.340. The Labute approximate surface area is 130 Å². The Morgan fingerprint density at radius 1 is 1.25 bits per heavy atom. The molecule has 0 aliphatic rings. The predicted molar refractivity (Wildman–Crippen MR) is 84.7 cm³/mol. The van der Waals surface area contributed by atoms with E-state index >= 15 is 0 Å². The van der Waals surface area contributed by atoms with Crippen LogP contribution in [-0.4, -0.2) is 11.5 Å². The van der Waals surface area contributed by atoms with E-state index in [0.29, 0.717) is 15.8 Å². The second-order valence-corrected chi connectivity index (χ2v) is 6.52. The predicted octanol–water partition coefficient (Wildman–Crippen LogP) is 4.80. The lowest BCUT2D eigenvalue weighted by atomic mass is 10.1. The van der Waals surface area contributed by atoms with Crippen LogP contribution in [0.3, 0.4) is 0 Å². The highest BCUT2D eigenvalue weighted by atomic mass is 79.9. The summed E-state index contributed by atoms with van der Waals surface area (Å²) in [6, 6.07) is 12.8. The molecule has 0 saturated heterocycles. The lowest BCUT2D eigenvalue weighted by Crippen LogP contribution is -2.07. The van der Waals surface area contributed by atoms with E-state index in [9.17, 15) is 9.18 Å². The van der Waals surface area contributed by atoms with Crippen LogP contribution in [0.4, 0.5) is 4.39 Å². The van der Waals surface area contributed by atoms with Gasteiger partial charge >= 0.3 is 0 Å². The zero-order chi connectivity index (χ0) is 14.5. The molecule has 0 aliphatic heterocycles. The molecule has 2 aromatic carbocycles. The number of Topliss-reactive ketones (excluding diaryl/α,β-unsaturated/α-hetero) is 1. The van der Waals surface area contributed by atoms with Gasteiger partial charge in [0.25, 0.3) is 0 Å². The van der Waals surface area contributed by atoms with Crippen molar-refractivity contribution in [3.8, 4) is 0 Å². The maximum Gasteiger partial charge on any atom is 0.147 e. The van der Waals surface area contributed by atoms with Crippen LogP contribution in [0.15, 0.2) is 51.8 Å². The summed E-state index contributed by atoms with van der Waals surface area (Å²) in [4.78, 5) is 13.0. The molecule has 0 aliphatic carbocycles. The van der Waals surface area contributed by atoms with E-state index in [2.05, 4.69) is 15.9 Å². The third-order valence-corrected chi connectivity index (χ3v) is 4.34. The number of halogens is 2. The van der Waals surface area contributed by atoms with Crippen molar-refractivity contribution in [1.29, 1.82) is 0 Å². The van der Waals surface area contributed by atoms with Crippen molar-refractivity contribution >= 4 is 33.5 Å². The van der Waals surface area contributed by atoms with Gasteiger partial charge in [-0.1, -0.05) is 39.7 Å². The van der Waals surface area contributed by atoms with Gasteiger partial charge in [0.2, 0.25) is 0 Å². The molecule has 0 heterocycles. The zero-order valence-electron chi connectivity index (χ0n) is 11.0. The quantitative estimate of drug-likeness (QED) is 0.719. The number of ketones is 1. The maximum atomic E-state index is 13.6. The Bertz CT molecular complexity index is 628. The van der Waals surface area contributed by atoms with Crippen LogP contribution in [0.2, 0.25) is 0 Å². The first kappa shape index (κ1) is 15.3. The summed E-state index contributed by atoms with van der Waals surface area (Å²) >= 11 is 4.69. The molecular formula is C16H14BrFOS. The van der Waals surface area contributed by atoms with E-state index in [1.807, 2.05) is 31.2 Å². The average Bonchev–Trinajstić information content (AvgIpc) is 2.40. The standard InChI is InChI=1S/C16H14BrFOS/c1-11-3-2-4-15(7-11)20-10-14(19)8-12-5-6-13(17)9-16(12)18/h2-7,9H,8,10H2,1H3.